The zero-order valence-electron chi connectivity index (χ0n) is 12.5. The number of nitrogens with one attached hydrogen (secondary N) is 1. The number of hydrogen-bond acceptors (Lipinski definition) is 4. The molecular weight excluding hydrogens is 264 g/mol. The summed E-state index contributed by atoms with van der Waals surface area (Å²) in [5.41, 5.74) is 14.6. The Hall–Kier alpha value is -1.56. The molecule has 5 N–H and O–H groups in total. The van der Waals surface area contributed by atoms with Crippen LogP contribution in [0.2, 0.25) is 0 Å². The Labute approximate surface area is 125 Å². The summed E-state index contributed by atoms with van der Waals surface area (Å²) < 4.78 is 5.31. The number of piperidine rings is 1. The minimum Gasteiger partial charge on any atom is -0.497 e. The molecule has 1 aromatic heterocycles. The lowest BCUT2D eigenvalue weighted by molar-refractivity contribution is 0.192. The van der Waals surface area contributed by atoms with Gasteiger partial charge in [0.25, 0.3) is 0 Å². The Bertz CT molecular complexity index is 599. The molecule has 1 aliphatic rings. The van der Waals surface area contributed by atoms with Crippen molar-refractivity contribution in [2.75, 3.05) is 26.7 Å². The van der Waals surface area contributed by atoms with E-state index in [-0.39, 0.29) is 12.1 Å². The van der Waals surface area contributed by atoms with E-state index in [9.17, 15) is 0 Å². The van der Waals surface area contributed by atoms with Gasteiger partial charge in [0, 0.05) is 48.8 Å². The lowest BCUT2D eigenvalue weighted by Crippen LogP contribution is -2.52. The van der Waals surface area contributed by atoms with Crippen molar-refractivity contribution in [3.63, 3.8) is 0 Å². The highest BCUT2D eigenvalue weighted by atomic mass is 16.5. The van der Waals surface area contributed by atoms with E-state index in [4.69, 9.17) is 16.2 Å². The van der Waals surface area contributed by atoms with E-state index in [2.05, 4.69) is 28.2 Å². The van der Waals surface area contributed by atoms with Crippen LogP contribution in [0.5, 0.6) is 5.75 Å². The summed E-state index contributed by atoms with van der Waals surface area (Å²) in [6.07, 6.45) is 4.02. The summed E-state index contributed by atoms with van der Waals surface area (Å²) in [4.78, 5) is 5.69. The average Bonchev–Trinajstić information content (AvgIpc) is 2.86. The molecule has 3 rings (SSSR count). The Morgan fingerprint density at radius 1 is 1.29 bits per heavy atom. The van der Waals surface area contributed by atoms with E-state index >= 15 is 0 Å². The van der Waals surface area contributed by atoms with Crippen molar-refractivity contribution in [3.8, 4) is 5.75 Å². The van der Waals surface area contributed by atoms with E-state index < -0.39 is 0 Å². The highest BCUT2D eigenvalue weighted by molar-refractivity contribution is 5.84. The van der Waals surface area contributed by atoms with Crippen molar-refractivity contribution >= 4 is 10.9 Å². The smallest absolute Gasteiger partial charge is 0.119 e. The largest absolute Gasteiger partial charge is 0.497 e. The maximum Gasteiger partial charge on any atom is 0.119 e. The minimum absolute atomic E-state index is 0.205. The Kier molecular flexibility index (Phi) is 4.14. The molecule has 0 saturated carbocycles. The van der Waals surface area contributed by atoms with Crippen molar-refractivity contribution in [3.05, 3.63) is 30.0 Å². The van der Waals surface area contributed by atoms with Crippen LogP contribution in [0.4, 0.5) is 0 Å². The molecule has 1 saturated heterocycles. The highest BCUT2D eigenvalue weighted by Crippen LogP contribution is 2.24. The van der Waals surface area contributed by atoms with Crippen molar-refractivity contribution in [2.24, 2.45) is 11.5 Å². The molecule has 1 aliphatic heterocycles. The number of aromatic amines is 1. The fourth-order valence-electron chi connectivity index (χ4n) is 3.23. The Balaban J connectivity index is 1.70. The maximum absolute atomic E-state index is 6.05. The topological polar surface area (TPSA) is 80.3 Å². The van der Waals surface area contributed by atoms with Gasteiger partial charge in [-0.1, -0.05) is 0 Å². The molecule has 2 unspecified atom stereocenters. The van der Waals surface area contributed by atoms with Crippen LogP contribution >= 0.6 is 0 Å². The van der Waals surface area contributed by atoms with E-state index in [1.807, 2.05) is 6.07 Å². The van der Waals surface area contributed by atoms with Crippen LogP contribution in [-0.4, -0.2) is 48.7 Å². The summed E-state index contributed by atoms with van der Waals surface area (Å²) in [7, 11) is 1.70. The van der Waals surface area contributed by atoms with Gasteiger partial charge in [-0.15, -0.1) is 0 Å². The van der Waals surface area contributed by atoms with Crippen molar-refractivity contribution in [1.82, 2.24) is 9.88 Å². The highest BCUT2D eigenvalue weighted by Gasteiger charge is 2.22. The van der Waals surface area contributed by atoms with E-state index in [0.29, 0.717) is 0 Å². The molecule has 2 atom stereocenters. The fraction of sp³-hybridized carbons (Fsp3) is 0.500. The van der Waals surface area contributed by atoms with Gasteiger partial charge in [0.05, 0.1) is 7.11 Å². The number of H-pyrrole nitrogens is 1. The van der Waals surface area contributed by atoms with Gasteiger partial charge < -0.3 is 21.2 Å². The summed E-state index contributed by atoms with van der Waals surface area (Å²) in [5, 5.41) is 1.24. The number of aromatic nitrogens is 1. The first-order valence-electron chi connectivity index (χ1n) is 7.53. The van der Waals surface area contributed by atoms with E-state index in [0.717, 1.165) is 43.7 Å². The van der Waals surface area contributed by atoms with Gasteiger partial charge in [-0.05, 0) is 36.6 Å². The lowest BCUT2D eigenvalue weighted by atomic mass is 10.0. The second-order valence-corrected chi connectivity index (χ2v) is 5.99. The number of nitrogens with zero attached hydrogens (tertiary/aromatic N) is 1. The standard InChI is InChI=1S/C16H24N4O/c1-21-14-2-3-16-15(7-14)11(8-19-16)4-5-20-9-12(17)6-13(18)10-20/h2-3,7-8,12-13,19H,4-6,9-10,17-18H2,1H3. The first-order chi connectivity index (χ1) is 10.2. The molecule has 2 aromatic rings. The number of benzene rings is 1. The zero-order chi connectivity index (χ0) is 14.8. The molecule has 114 valence electrons. The van der Waals surface area contributed by atoms with Crippen LogP contribution in [0.15, 0.2) is 24.4 Å². The van der Waals surface area contributed by atoms with Gasteiger partial charge in [0.2, 0.25) is 0 Å². The number of ether oxygens (including phenoxy) is 1. The molecule has 1 fully saturated rings. The molecule has 1 aromatic carbocycles. The van der Waals surface area contributed by atoms with Crippen LogP contribution in [0.3, 0.4) is 0 Å². The normalized spacial score (nSPS) is 23.6. The van der Waals surface area contributed by atoms with E-state index in [1.165, 1.54) is 10.9 Å². The molecule has 5 heteroatoms. The van der Waals surface area contributed by atoms with Gasteiger partial charge in [0.15, 0.2) is 0 Å². The summed E-state index contributed by atoms with van der Waals surface area (Å²) in [5.74, 6) is 0.894. The second kappa shape index (κ2) is 6.05. The Morgan fingerprint density at radius 2 is 2.05 bits per heavy atom. The van der Waals surface area contributed by atoms with Gasteiger partial charge in [-0.25, -0.2) is 0 Å². The Morgan fingerprint density at radius 3 is 2.76 bits per heavy atom. The third-order valence-corrected chi connectivity index (χ3v) is 4.26. The zero-order valence-corrected chi connectivity index (χ0v) is 12.5. The first-order valence-corrected chi connectivity index (χ1v) is 7.53. The SMILES string of the molecule is COc1ccc2[nH]cc(CCN3CC(N)CC(N)C3)c2c1. The molecule has 5 nitrogen and oxygen atoms in total. The number of rotatable bonds is 4. The molecule has 21 heavy (non-hydrogen) atoms. The predicted molar refractivity (Wildman–Crippen MR) is 85.6 cm³/mol. The van der Waals surface area contributed by atoms with Crippen LogP contribution in [0, 0.1) is 0 Å². The summed E-state index contributed by atoms with van der Waals surface area (Å²) >= 11 is 0. The average molecular weight is 288 g/mol. The number of fused-ring (bicyclic) bond motifs is 1. The van der Waals surface area contributed by atoms with Crippen molar-refractivity contribution in [1.29, 1.82) is 0 Å². The van der Waals surface area contributed by atoms with Crippen LogP contribution in [0.25, 0.3) is 10.9 Å². The van der Waals surface area contributed by atoms with Crippen LogP contribution < -0.4 is 16.2 Å². The second-order valence-electron chi connectivity index (χ2n) is 5.99. The van der Waals surface area contributed by atoms with Gasteiger partial charge in [-0.3, -0.25) is 4.90 Å². The summed E-state index contributed by atoms with van der Waals surface area (Å²) in [6, 6.07) is 6.54. The third kappa shape index (κ3) is 3.20. The maximum atomic E-state index is 6.05. The molecule has 2 heterocycles. The predicted octanol–water partition coefficient (Wildman–Crippen LogP) is 1.08. The lowest BCUT2D eigenvalue weighted by Gasteiger charge is -2.34. The van der Waals surface area contributed by atoms with Gasteiger partial charge in [0.1, 0.15) is 5.75 Å². The molecule has 0 bridgehead atoms. The molecule has 0 aliphatic carbocycles. The molecule has 0 radical (unpaired) electrons. The van der Waals surface area contributed by atoms with Gasteiger partial charge >= 0.3 is 0 Å². The van der Waals surface area contributed by atoms with Crippen LogP contribution in [-0.2, 0) is 6.42 Å². The third-order valence-electron chi connectivity index (χ3n) is 4.26. The van der Waals surface area contributed by atoms with Crippen molar-refractivity contribution in [2.45, 2.75) is 24.9 Å². The summed E-state index contributed by atoms with van der Waals surface area (Å²) in [6.45, 7) is 2.88. The first kappa shape index (κ1) is 14.4. The minimum atomic E-state index is 0.205. The molecular formula is C16H24N4O. The number of nitrogens with two attached hydrogens (primary N) is 2. The monoisotopic (exact) mass is 288 g/mol. The molecule has 0 spiro atoms. The van der Waals surface area contributed by atoms with E-state index in [1.54, 1.807) is 7.11 Å². The number of likely N-dealkylation sites (tertiary alicyclic amines) is 1. The number of methoxy groups -OCH3 is 1. The van der Waals surface area contributed by atoms with Crippen molar-refractivity contribution < 1.29 is 4.74 Å². The molecule has 0 amide bonds. The number of hydrogen-bond donors (Lipinski definition) is 3. The fourth-order valence-corrected chi connectivity index (χ4v) is 3.23. The van der Waals surface area contributed by atoms with Gasteiger partial charge in [-0.2, -0.15) is 0 Å². The van der Waals surface area contributed by atoms with Crippen LogP contribution in [0.1, 0.15) is 12.0 Å². The quantitative estimate of drug-likeness (QED) is 0.786.